The van der Waals surface area contributed by atoms with Gasteiger partial charge in [0.15, 0.2) is 5.82 Å². The van der Waals surface area contributed by atoms with Crippen molar-refractivity contribution in [2.45, 2.75) is 26.3 Å². The summed E-state index contributed by atoms with van der Waals surface area (Å²) in [6.07, 6.45) is 4.82. The quantitative estimate of drug-likeness (QED) is 0.805. The third kappa shape index (κ3) is 3.04. The molecule has 0 aliphatic carbocycles. The molecule has 0 aliphatic heterocycles. The first-order valence-corrected chi connectivity index (χ1v) is 7.84. The average molecular weight is 298 g/mol. The van der Waals surface area contributed by atoms with Crippen molar-refractivity contribution in [1.82, 2.24) is 14.6 Å². The van der Waals surface area contributed by atoms with Crippen LogP contribution in [-0.2, 0) is 6.42 Å². The van der Waals surface area contributed by atoms with Crippen molar-refractivity contribution >= 4 is 28.4 Å². The Hall–Kier alpha value is -1.98. The summed E-state index contributed by atoms with van der Waals surface area (Å²) < 4.78 is 1.89. The molecule has 1 aromatic carbocycles. The van der Waals surface area contributed by atoms with E-state index in [1.807, 2.05) is 29.6 Å². The van der Waals surface area contributed by atoms with Gasteiger partial charge in [0.05, 0.1) is 5.69 Å². The minimum atomic E-state index is 0.123. The molecular weight excluding hydrogens is 280 g/mol. The van der Waals surface area contributed by atoms with Crippen LogP contribution >= 0.6 is 11.3 Å². The molecule has 2 heterocycles. The van der Waals surface area contributed by atoms with Gasteiger partial charge in [-0.15, -0.1) is 16.4 Å². The maximum Gasteiger partial charge on any atom is 0.212 e. The van der Waals surface area contributed by atoms with E-state index in [9.17, 15) is 0 Å². The van der Waals surface area contributed by atoms with Crippen LogP contribution in [0.4, 0.5) is 0 Å². The normalized spacial score (nSPS) is 13.3. The van der Waals surface area contributed by atoms with Gasteiger partial charge in [-0.2, -0.15) is 4.98 Å². The van der Waals surface area contributed by atoms with E-state index in [1.54, 1.807) is 11.3 Å². The monoisotopic (exact) mass is 298 g/mol. The fourth-order valence-electron chi connectivity index (χ4n) is 2.22. The Kier molecular flexibility index (Phi) is 3.86. The number of fused-ring (bicyclic) bond motifs is 1. The number of aromatic nitrogens is 3. The maximum atomic E-state index is 5.86. The number of hydrogen-bond donors (Lipinski definition) is 1. The summed E-state index contributed by atoms with van der Waals surface area (Å²) >= 11 is 1.60. The Bertz CT molecular complexity index is 783. The number of rotatable bonds is 4. The number of benzene rings is 1. The standard InChI is InChI=1S/C16H18N4S/c1-11-5-3-4-6-13(11)7-8-15-18-16-20(19-15)14(10-21-16)9-12(2)17/h3-8,10,12H,9,17H2,1-2H3/b8-7+. The molecule has 108 valence electrons. The summed E-state index contributed by atoms with van der Waals surface area (Å²) in [6, 6.07) is 8.38. The lowest BCUT2D eigenvalue weighted by Crippen LogP contribution is -2.18. The highest BCUT2D eigenvalue weighted by molar-refractivity contribution is 7.15. The van der Waals surface area contributed by atoms with Gasteiger partial charge in [-0.3, -0.25) is 0 Å². The second kappa shape index (κ2) is 5.79. The van der Waals surface area contributed by atoms with Crippen LogP contribution < -0.4 is 5.73 Å². The predicted molar refractivity (Wildman–Crippen MR) is 88.3 cm³/mol. The highest BCUT2D eigenvalue weighted by atomic mass is 32.1. The first kappa shape index (κ1) is 14.0. The third-order valence-electron chi connectivity index (χ3n) is 3.30. The van der Waals surface area contributed by atoms with Crippen LogP contribution in [-0.4, -0.2) is 20.6 Å². The zero-order valence-electron chi connectivity index (χ0n) is 12.2. The Balaban J connectivity index is 1.88. The lowest BCUT2D eigenvalue weighted by atomic mass is 10.1. The van der Waals surface area contributed by atoms with Gasteiger partial charge in [-0.05, 0) is 31.1 Å². The number of hydrogen-bond acceptors (Lipinski definition) is 4. The maximum absolute atomic E-state index is 5.86. The average Bonchev–Trinajstić information content (AvgIpc) is 2.99. The lowest BCUT2D eigenvalue weighted by molar-refractivity contribution is 0.702. The van der Waals surface area contributed by atoms with Crippen molar-refractivity contribution in [3.05, 3.63) is 52.3 Å². The van der Waals surface area contributed by atoms with Gasteiger partial charge in [0, 0.05) is 17.8 Å². The summed E-state index contributed by atoms with van der Waals surface area (Å²) in [7, 11) is 0. The van der Waals surface area contributed by atoms with E-state index in [2.05, 4.69) is 40.6 Å². The zero-order chi connectivity index (χ0) is 14.8. The highest BCUT2D eigenvalue weighted by Crippen LogP contribution is 2.17. The molecule has 0 amide bonds. The van der Waals surface area contributed by atoms with E-state index in [0.717, 1.165) is 22.9 Å². The minimum absolute atomic E-state index is 0.123. The van der Waals surface area contributed by atoms with E-state index >= 15 is 0 Å². The molecule has 0 radical (unpaired) electrons. The van der Waals surface area contributed by atoms with Gasteiger partial charge in [-0.1, -0.05) is 30.3 Å². The molecule has 21 heavy (non-hydrogen) atoms. The molecule has 0 fully saturated rings. The largest absolute Gasteiger partial charge is 0.328 e. The molecule has 4 nitrogen and oxygen atoms in total. The van der Waals surface area contributed by atoms with Crippen LogP contribution in [0, 0.1) is 6.92 Å². The molecular formula is C16H18N4S. The molecule has 5 heteroatoms. The van der Waals surface area contributed by atoms with Crippen LogP contribution in [0.5, 0.6) is 0 Å². The summed E-state index contributed by atoms with van der Waals surface area (Å²) in [5, 5.41) is 6.62. The highest BCUT2D eigenvalue weighted by Gasteiger charge is 2.09. The van der Waals surface area contributed by atoms with Gasteiger partial charge in [-0.25, -0.2) is 4.52 Å². The molecule has 1 unspecified atom stereocenters. The van der Waals surface area contributed by atoms with E-state index in [1.165, 1.54) is 11.1 Å². The van der Waals surface area contributed by atoms with Crippen molar-refractivity contribution in [2.75, 3.05) is 0 Å². The Morgan fingerprint density at radius 3 is 2.90 bits per heavy atom. The first-order valence-electron chi connectivity index (χ1n) is 6.96. The molecule has 0 aliphatic rings. The summed E-state index contributed by atoms with van der Waals surface area (Å²) in [4.78, 5) is 5.44. The van der Waals surface area contributed by atoms with E-state index in [0.29, 0.717) is 0 Å². The second-order valence-corrected chi connectivity index (χ2v) is 6.10. The van der Waals surface area contributed by atoms with Gasteiger partial charge >= 0.3 is 0 Å². The third-order valence-corrected chi connectivity index (χ3v) is 4.16. The number of nitrogens with zero attached hydrogens (tertiary/aromatic N) is 3. The van der Waals surface area contributed by atoms with E-state index in [4.69, 9.17) is 5.73 Å². The van der Waals surface area contributed by atoms with Crippen LogP contribution in [0.25, 0.3) is 17.1 Å². The van der Waals surface area contributed by atoms with Crippen molar-refractivity contribution < 1.29 is 0 Å². The van der Waals surface area contributed by atoms with Crippen LogP contribution in [0.3, 0.4) is 0 Å². The SMILES string of the molecule is Cc1ccccc1/C=C/c1nc2scc(CC(C)N)n2n1. The number of thiazole rings is 1. The van der Waals surface area contributed by atoms with Gasteiger partial charge in [0.1, 0.15) is 0 Å². The fourth-order valence-corrected chi connectivity index (χ4v) is 3.06. The van der Waals surface area contributed by atoms with Crippen LogP contribution in [0.2, 0.25) is 0 Å². The molecule has 0 bridgehead atoms. The number of nitrogens with two attached hydrogens (primary N) is 1. The molecule has 2 N–H and O–H groups in total. The summed E-state index contributed by atoms with van der Waals surface area (Å²) in [5.74, 6) is 0.732. The predicted octanol–water partition coefficient (Wildman–Crippen LogP) is 3.16. The molecule has 2 aromatic heterocycles. The smallest absolute Gasteiger partial charge is 0.212 e. The van der Waals surface area contributed by atoms with Gasteiger partial charge < -0.3 is 5.73 Å². The summed E-state index contributed by atoms with van der Waals surface area (Å²) in [5.41, 5.74) is 9.41. The minimum Gasteiger partial charge on any atom is -0.328 e. The topological polar surface area (TPSA) is 56.2 Å². The van der Waals surface area contributed by atoms with Crippen molar-refractivity contribution in [3.8, 4) is 0 Å². The van der Waals surface area contributed by atoms with Crippen molar-refractivity contribution in [2.24, 2.45) is 5.73 Å². The second-order valence-electron chi connectivity index (χ2n) is 5.26. The molecule has 3 aromatic rings. The molecule has 3 rings (SSSR count). The van der Waals surface area contributed by atoms with Gasteiger partial charge in [0.25, 0.3) is 0 Å². The molecule has 0 saturated heterocycles. The van der Waals surface area contributed by atoms with E-state index < -0.39 is 0 Å². The Labute approximate surface area is 127 Å². The lowest BCUT2D eigenvalue weighted by Gasteiger charge is -2.01. The Morgan fingerprint density at radius 1 is 1.33 bits per heavy atom. The van der Waals surface area contributed by atoms with Crippen molar-refractivity contribution in [1.29, 1.82) is 0 Å². The van der Waals surface area contributed by atoms with Crippen LogP contribution in [0.1, 0.15) is 29.6 Å². The van der Waals surface area contributed by atoms with Crippen molar-refractivity contribution in [3.63, 3.8) is 0 Å². The van der Waals surface area contributed by atoms with E-state index in [-0.39, 0.29) is 6.04 Å². The zero-order valence-corrected chi connectivity index (χ0v) is 13.0. The molecule has 0 saturated carbocycles. The number of aryl methyl sites for hydroxylation is 1. The first-order chi connectivity index (χ1) is 10.1. The Morgan fingerprint density at radius 2 is 2.14 bits per heavy atom. The molecule has 1 atom stereocenters. The fraction of sp³-hybridized carbons (Fsp3) is 0.250. The molecule has 0 spiro atoms. The van der Waals surface area contributed by atoms with Crippen LogP contribution in [0.15, 0.2) is 29.6 Å². The summed E-state index contributed by atoms with van der Waals surface area (Å²) in [6.45, 7) is 4.10. The van der Waals surface area contributed by atoms with Gasteiger partial charge in [0.2, 0.25) is 4.96 Å².